The van der Waals surface area contributed by atoms with Crippen LogP contribution in [0.5, 0.6) is 0 Å². The number of fused-ring (bicyclic) bond motifs is 2. The molecule has 2 N–H and O–H groups in total. The first-order valence-electron chi connectivity index (χ1n) is 13.8. The van der Waals surface area contributed by atoms with Gasteiger partial charge in [0, 0.05) is 49.1 Å². The maximum atomic E-state index is 13.7. The van der Waals surface area contributed by atoms with Crippen LogP contribution in [-0.2, 0) is 11.8 Å². The average Bonchev–Trinajstić information content (AvgIpc) is 3.52. The van der Waals surface area contributed by atoms with Crippen molar-refractivity contribution in [3.05, 3.63) is 83.9 Å². The van der Waals surface area contributed by atoms with E-state index < -0.39 is 17.9 Å². The number of pyridine rings is 1. The van der Waals surface area contributed by atoms with Crippen molar-refractivity contribution < 1.29 is 22.8 Å². The second-order valence-electron chi connectivity index (χ2n) is 10.9. The predicted molar refractivity (Wildman–Crippen MR) is 153 cm³/mol. The summed E-state index contributed by atoms with van der Waals surface area (Å²) in [5, 5.41) is 10.7. The maximum absolute atomic E-state index is 13.7. The minimum absolute atomic E-state index is 0.111. The number of halogens is 3. The van der Waals surface area contributed by atoms with Gasteiger partial charge in [0.1, 0.15) is 5.82 Å². The van der Waals surface area contributed by atoms with Crippen LogP contribution in [0.25, 0.3) is 27.7 Å². The van der Waals surface area contributed by atoms with Crippen molar-refractivity contribution in [2.75, 3.05) is 5.32 Å². The van der Waals surface area contributed by atoms with Gasteiger partial charge in [-0.1, -0.05) is 18.2 Å². The molecular weight excluding hydrogens is 545 g/mol. The van der Waals surface area contributed by atoms with E-state index in [9.17, 15) is 22.8 Å². The molecule has 0 bridgehead atoms. The Balaban J connectivity index is 1.23. The number of nitrogens with zero attached hydrogens (tertiary/aromatic N) is 4. The first kappa shape index (κ1) is 27.5. The van der Waals surface area contributed by atoms with Gasteiger partial charge in [0.05, 0.1) is 11.6 Å². The lowest BCUT2D eigenvalue weighted by Gasteiger charge is -2.26. The van der Waals surface area contributed by atoms with E-state index in [0.717, 1.165) is 22.0 Å². The fourth-order valence-electron chi connectivity index (χ4n) is 5.51. The molecule has 0 unspecified atom stereocenters. The Morgan fingerprint density at radius 2 is 1.81 bits per heavy atom. The van der Waals surface area contributed by atoms with Crippen LogP contribution in [0, 0.1) is 11.7 Å². The van der Waals surface area contributed by atoms with Crippen molar-refractivity contribution in [2.24, 2.45) is 13.0 Å². The molecule has 2 aromatic carbocycles. The van der Waals surface area contributed by atoms with E-state index in [0.29, 0.717) is 16.8 Å². The summed E-state index contributed by atoms with van der Waals surface area (Å²) in [5.41, 5.74) is 4.20. The molecule has 1 saturated carbocycles. The van der Waals surface area contributed by atoms with Crippen LogP contribution in [0.1, 0.15) is 54.6 Å². The lowest BCUT2D eigenvalue weighted by Crippen LogP contribution is -2.32. The third-order valence-electron chi connectivity index (χ3n) is 7.92. The van der Waals surface area contributed by atoms with Gasteiger partial charge in [-0.3, -0.25) is 14.9 Å². The van der Waals surface area contributed by atoms with Gasteiger partial charge < -0.3 is 9.88 Å². The highest BCUT2D eigenvalue weighted by Gasteiger charge is 2.37. The fourth-order valence-corrected chi connectivity index (χ4v) is 5.51. The third kappa shape index (κ3) is 5.46. The Kier molecular flexibility index (Phi) is 6.96. The van der Waals surface area contributed by atoms with Crippen LogP contribution < -0.4 is 10.6 Å². The smallest absolute Gasteiger partial charge is 0.253 e. The summed E-state index contributed by atoms with van der Waals surface area (Å²) in [4.78, 5) is 30.3. The molecule has 6 rings (SSSR count). The fraction of sp³-hybridized carbons (Fsp3) is 0.290. The summed E-state index contributed by atoms with van der Waals surface area (Å²) in [6.45, 7) is 1.81. The standard InChI is InChI=1S/C31H29F3N6O2/c1-18(20-4-3-5-23(32)14-20)35-29(42)25-17-39(2)26-7-6-21(15-24(25)26)22-10-13-40-27(16-22)36-30(38-40)37-28(41)19-8-11-31(33,34)12-9-19/h3-7,10,13-19H,8-9,11-12H2,1-2H3,(H,35,42)(H,37,38,41)/t18-/m0/s1. The van der Waals surface area contributed by atoms with Gasteiger partial charge in [0.2, 0.25) is 17.8 Å². The molecule has 0 aliphatic heterocycles. The molecule has 1 aliphatic rings. The van der Waals surface area contributed by atoms with Crippen molar-refractivity contribution >= 4 is 34.3 Å². The van der Waals surface area contributed by atoms with E-state index in [1.165, 1.54) is 16.6 Å². The molecule has 3 aromatic heterocycles. The van der Waals surface area contributed by atoms with Gasteiger partial charge in [0.15, 0.2) is 5.65 Å². The van der Waals surface area contributed by atoms with Gasteiger partial charge in [-0.05, 0) is 72.9 Å². The first-order chi connectivity index (χ1) is 20.1. The van der Waals surface area contributed by atoms with Gasteiger partial charge in [-0.15, -0.1) is 5.10 Å². The van der Waals surface area contributed by atoms with Crippen LogP contribution in [0.15, 0.2) is 67.0 Å². The zero-order valence-corrected chi connectivity index (χ0v) is 23.1. The zero-order valence-electron chi connectivity index (χ0n) is 23.1. The molecule has 2 amide bonds. The van der Waals surface area contributed by atoms with Crippen LogP contribution in [0.3, 0.4) is 0 Å². The minimum Gasteiger partial charge on any atom is -0.350 e. The molecule has 1 fully saturated rings. The molecule has 8 nitrogen and oxygen atoms in total. The molecule has 5 aromatic rings. The molecule has 1 atom stereocenters. The normalized spacial score (nSPS) is 16.0. The number of amides is 2. The molecule has 3 heterocycles. The largest absolute Gasteiger partial charge is 0.350 e. The lowest BCUT2D eigenvalue weighted by molar-refractivity contribution is -0.124. The summed E-state index contributed by atoms with van der Waals surface area (Å²) >= 11 is 0. The highest BCUT2D eigenvalue weighted by Crippen LogP contribution is 2.36. The van der Waals surface area contributed by atoms with Crippen molar-refractivity contribution in [1.29, 1.82) is 0 Å². The Hall–Kier alpha value is -4.67. The number of aromatic nitrogens is 4. The van der Waals surface area contributed by atoms with E-state index in [1.807, 2.05) is 41.9 Å². The van der Waals surface area contributed by atoms with Crippen molar-refractivity contribution in [1.82, 2.24) is 24.5 Å². The number of aryl methyl sites for hydroxylation is 1. The number of alkyl halides is 2. The monoisotopic (exact) mass is 574 g/mol. The van der Waals surface area contributed by atoms with E-state index >= 15 is 0 Å². The number of carbonyl (C=O) groups is 2. The van der Waals surface area contributed by atoms with Crippen LogP contribution >= 0.6 is 0 Å². The highest BCUT2D eigenvalue weighted by atomic mass is 19.3. The summed E-state index contributed by atoms with van der Waals surface area (Å²) in [7, 11) is 1.87. The Bertz CT molecular complexity index is 1820. The van der Waals surface area contributed by atoms with E-state index in [-0.39, 0.29) is 49.3 Å². The zero-order chi connectivity index (χ0) is 29.6. The molecule has 1 aliphatic carbocycles. The number of rotatable bonds is 6. The summed E-state index contributed by atoms with van der Waals surface area (Å²) < 4.78 is 44.0. The molecule has 42 heavy (non-hydrogen) atoms. The molecule has 0 spiro atoms. The van der Waals surface area contributed by atoms with Crippen LogP contribution in [-0.4, -0.2) is 36.9 Å². The summed E-state index contributed by atoms with van der Waals surface area (Å²) in [6.07, 6.45) is 3.15. The highest BCUT2D eigenvalue weighted by molar-refractivity contribution is 6.08. The Labute approximate surface area is 239 Å². The quantitative estimate of drug-likeness (QED) is 0.250. The number of carbonyl (C=O) groups excluding carboxylic acids is 2. The molecule has 0 saturated heterocycles. The predicted octanol–water partition coefficient (Wildman–Crippen LogP) is 6.28. The van der Waals surface area contributed by atoms with Gasteiger partial charge in [-0.2, -0.15) is 4.98 Å². The van der Waals surface area contributed by atoms with Crippen LogP contribution in [0.2, 0.25) is 0 Å². The second kappa shape index (κ2) is 10.6. The lowest BCUT2D eigenvalue weighted by atomic mass is 9.86. The Morgan fingerprint density at radius 3 is 2.57 bits per heavy atom. The number of anilines is 1. The minimum atomic E-state index is -2.71. The van der Waals surface area contributed by atoms with Crippen molar-refractivity contribution in [3.63, 3.8) is 0 Å². The van der Waals surface area contributed by atoms with Crippen LogP contribution in [0.4, 0.5) is 19.1 Å². The van der Waals surface area contributed by atoms with Crippen molar-refractivity contribution in [2.45, 2.75) is 44.6 Å². The SMILES string of the molecule is C[C@H](NC(=O)c1cn(C)c2ccc(-c3ccn4nc(NC(=O)C5CCC(F)(F)CC5)nc4c3)cc12)c1cccc(F)c1. The number of benzene rings is 2. The van der Waals surface area contributed by atoms with E-state index in [2.05, 4.69) is 20.7 Å². The summed E-state index contributed by atoms with van der Waals surface area (Å²) in [6, 6.07) is 15.2. The molecular formula is C31H29F3N6O2. The van der Waals surface area contributed by atoms with Gasteiger partial charge >= 0.3 is 0 Å². The van der Waals surface area contributed by atoms with Gasteiger partial charge in [0.25, 0.3) is 5.91 Å². The Morgan fingerprint density at radius 1 is 1.05 bits per heavy atom. The maximum Gasteiger partial charge on any atom is 0.253 e. The first-order valence-corrected chi connectivity index (χ1v) is 13.8. The number of hydrogen-bond donors (Lipinski definition) is 2. The second-order valence-corrected chi connectivity index (χ2v) is 10.9. The average molecular weight is 575 g/mol. The van der Waals surface area contributed by atoms with E-state index in [1.54, 1.807) is 31.5 Å². The third-order valence-corrected chi connectivity index (χ3v) is 7.92. The molecule has 216 valence electrons. The van der Waals surface area contributed by atoms with Gasteiger partial charge in [-0.25, -0.2) is 17.7 Å². The number of nitrogens with one attached hydrogen (secondary N) is 2. The van der Waals surface area contributed by atoms with Crippen molar-refractivity contribution in [3.8, 4) is 11.1 Å². The van der Waals surface area contributed by atoms with E-state index in [4.69, 9.17) is 0 Å². The number of hydrogen-bond acceptors (Lipinski definition) is 4. The topological polar surface area (TPSA) is 93.3 Å². The summed E-state index contributed by atoms with van der Waals surface area (Å²) in [5.74, 6) is -4.08. The molecule has 0 radical (unpaired) electrons. The molecule has 11 heteroatoms.